The maximum Gasteiger partial charge on any atom is 0.306 e. The van der Waals surface area contributed by atoms with Crippen LogP contribution in [0.15, 0.2) is 48.6 Å². The first kappa shape index (κ1) is 55.4. The Hall–Kier alpha value is -2.63. The molecule has 1 atom stereocenters. The van der Waals surface area contributed by atoms with Gasteiger partial charge in [0.05, 0.1) is 0 Å². The Kier molecular flexibility index (Phi) is 44.9. The van der Waals surface area contributed by atoms with E-state index < -0.39 is 6.10 Å². The van der Waals surface area contributed by atoms with Crippen molar-refractivity contribution in [3.05, 3.63) is 48.6 Å². The summed E-state index contributed by atoms with van der Waals surface area (Å²) >= 11 is 0. The van der Waals surface area contributed by atoms with E-state index in [1.54, 1.807) is 0 Å². The van der Waals surface area contributed by atoms with Crippen molar-refractivity contribution < 1.29 is 28.6 Å². The van der Waals surface area contributed by atoms with Gasteiger partial charge in [-0.15, -0.1) is 0 Å². The summed E-state index contributed by atoms with van der Waals surface area (Å²) in [6.45, 7) is 6.46. The Morgan fingerprint density at radius 2 is 0.690 bits per heavy atom. The number of hydrogen-bond donors (Lipinski definition) is 0. The molecule has 58 heavy (non-hydrogen) atoms. The Morgan fingerprint density at radius 1 is 0.362 bits per heavy atom. The van der Waals surface area contributed by atoms with Gasteiger partial charge in [0.1, 0.15) is 13.2 Å². The monoisotopic (exact) mass is 813 g/mol. The minimum Gasteiger partial charge on any atom is -0.462 e. The van der Waals surface area contributed by atoms with Gasteiger partial charge in [-0.1, -0.05) is 204 Å². The zero-order valence-corrected chi connectivity index (χ0v) is 38.3. The molecular weight excluding hydrogens is 721 g/mol. The van der Waals surface area contributed by atoms with Crippen LogP contribution in [0.2, 0.25) is 0 Å². The number of allylic oxidation sites excluding steroid dienone is 8. The van der Waals surface area contributed by atoms with Crippen molar-refractivity contribution >= 4 is 17.9 Å². The van der Waals surface area contributed by atoms with E-state index >= 15 is 0 Å². The molecule has 336 valence electrons. The predicted molar refractivity (Wildman–Crippen MR) is 247 cm³/mol. The first-order valence-corrected chi connectivity index (χ1v) is 24.6. The lowest BCUT2D eigenvalue weighted by Crippen LogP contribution is -2.30. The maximum absolute atomic E-state index is 12.8. The zero-order valence-electron chi connectivity index (χ0n) is 38.3. The van der Waals surface area contributed by atoms with Crippen LogP contribution in [0, 0.1) is 0 Å². The van der Waals surface area contributed by atoms with E-state index in [1.165, 1.54) is 135 Å². The number of hydrogen-bond acceptors (Lipinski definition) is 6. The molecule has 0 fully saturated rings. The molecule has 0 radical (unpaired) electrons. The Morgan fingerprint density at radius 3 is 1.16 bits per heavy atom. The van der Waals surface area contributed by atoms with Crippen LogP contribution >= 0.6 is 0 Å². The average molecular weight is 813 g/mol. The lowest BCUT2D eigenvalue weighted by atomic mass is 10.0. The minimum absolute atomic E-state index is 0.0890. The van der Waals surface area contributed by atoms with Gasteiger partial charge in [-0.25, -0.2) is 0 Å². The molecule has 0 saturated heterocycles. The highest BCUT2D eigenvalue weighted by Gasteiger charge is 2.19. The molecule has 0 spiro atoms. The lowest BCUT2D eigenvalue weighted by Gasteiger charge is -2.18. The summed E-state index contributed by atoms with van der Waals surface area (Å²) in [5.74, 6) is -0.945. The molecule has 0 aliphatic carbocycles. The van der Waals surface area contributed by atoms with Crippen molar-refractivity contribution in [2.45, 2.75) is 252 Å². The van der Waals surface area contributed by atoms with E-state index in [1.807, 2.05) is 0 Å². The van der Waals surface area contributed by atoms with Gasteiger partial charge in [0.15, 0.2) is 6.10 Å². The lowest BCUT2D eigenvalue weighted by molar-refractivity contribution is -0.167. The van der Waals surface area contributed by atoms with Crippen LogP contribution in [-0.4, -0.2) is 37.2 Å². The fourth-order valence-electron chi connectivity index (χ4n) is 6.87. The molecular formula is C52H92O6. The zero-order chi connectivity index (χ0) is 42.3. The third-order valence-electron chi connectivity index (χ3n) is 10.6. The molecule has 0 aromatic heterocycles. The van der Waals surface area contributed by atoms with Gasteiger partial charge in [-0.05, 0) is 70.6 Å². The van der Waals surface area contributed by atoms with Crippen LogP contribution in [-0.2, 0) is 28.6 Å². The Labute approximate surface area is 358 Å². The fourth-order valence-corrected chi connectivity index (χ4v) is 6.87. The average Bonchev–Trinajstić information content (AvgIpc) is 3.22. The summed E-state index contributed by atoms with van der Waals surface area (Å²) in [6, 6.07) is 0. The van der Waals surface area contributed by atoms with Gasteiger partial charge >= 0.3 is 17.9 Å². The molecule has 0 aromatic carbocycles. The number of unbranched alkanes of at least 4 members (excludes halogenated alkanes) is 25. The van der Waals surface area contributed by atoms with E-state index in [9.17, 15) is 14.4 Å². The molecule has 0 N–H and O–H groups in total. The first-order valence-electron chi connectivity index (χ1n) is 24.6. The Bertz CT molecular complexity index is 1030. The number of carbonyl (C=O) groups is 3. The number of rotatable bonds is 44. The topological polar surface area (TPSA) is 78.9 Å². The van der Waals surface area contributed by atoms with Crippen molar-refractivity contribution in [3.63, 3.8) is 0 Å². The number of carbonyl (C=O) groups excluding carboxylic acids is 3. The van der Waals surface area contributed by atoms with E-state index in [2.05, 4.69) is 69.4 Å². The summed E-state index contributed by atoms with van der Waals surface area (Å²) in [4.78, 5) is 37.8. The molecule has 0 heterocycles. The van der Waals surface area contributed by atoms with Crippen LogP contribution < -0.4 is 0 Å². The van der Waals surface area contributed by atoms with Gasteiger partial charge < -0.3 is 14.2 Å². The second-order valence-electron chi connectivity index (χ2n) is 16.3. The van der Waals surface area contributed by atoms with Crippen molar-refractivity contribution in [3.8, 4) is 0 Å². The summed E-state index contributed by atoms with van der Waals surface area (Å²) in [7, 11) is 0. The highest BCUT2D eigenvalue weighted by molar-refractivity contribution is 5.71. The van der Waals surface area contributed by atoms with Gasteiger partial charge in [-0.3, -0.25) is 14.4 Å². The standard InChI is InChI=1S/C52H92O6/c1-4-7-10-13-16-19-22-24-26-28-30-33-36-39-42-45-51(54)57-48-49(47-56-50(53)44-41-38-35-32-29-21-18-15-12-9-6-3)58-52(55)46-43-40-37-34-31-27-25-23-20-17-14-11-8-5-2/h9,12,18-19,21-22,32,35,49H,4-8,10-11,13-17,20,23-31,33-34,36-48H2,1-3H3/b12-9-,21-18-,22-19-,35-32-. The van der Waals surface area contributed by atoms with Crippen molar-refractivity contribution in [1.29, 1.82) is 0 Å². The van der Waals surface area contributed by atoms with E-state index in [0.29, 0.717) is 19.3 Å². The van der Waals surface area contributed by atoms with Gasteiger partial charge in [0.2, 0.25) is 0 Å². The van der Waals surface area contributed by atoms with Crippen molar-refractivity contribution in [2.24, 2.45) is 0 Å². The minimum atomic E-state index is -0.790. The quantitative estimate of drug-likeness (QED) is 0.0264. The van der Waals surface area contributed by atoms with Crippen molar-refractivity contribution in [2.75, 3.05) is 13.2 Å². The third-order valence-corrected chi connectivity index (χ3v) is 10.6. The van der Waals surface area contributed by atoms with Crippen LogP contribution in [0.1, 0.15) is 245 Å². The molecule has 0 rings (SSSR count). The van der Waals surface area contributed by atoms with Gasteiger partial charge in [0.25, 0.3) is 0 Å². The van der Waals surface area contributed by atoms with E-state index in [-0.39, 0.29) is 37.5 Å². The predicted octanol–water partition coefficient (Wildman–Crippen LogP) is 15.9. The number of esters is 3. The second-order valence-corrected chi connectivity index (χ2v) is 16.3. The fraction of sp³-hybridized carbons (Fsp3) is 0.788. The first-order chi connectivity index (χ1) is 28.5. The third kappa shape index (κ3) is 44.5. The molecule has 0 saturated carbocycles. The van der Waals surface area contributed by atoms with Gasteiger partial charge in [-0.2, -0.15) is 0 Å². The van der Waals surface area contributed by atoms with Crippen LogP contribution in [0.4, 0.5) is 0 Å². The smallest absolute Gasteiger partial charge is 0.306 e. The molecule has 6 nitrogen and oxygen atoms in total. The highest BCUT2D eigenvalue weighted by atomic mass is 16.6. The van der Waals surface area contributed by atoms with Crippen LogP contribution in [0.25, 0.3) is 0 Å². The molecule has 0 aliphatic rings. The Balaban J connectivity index is 4.40. The molecule has 6 heteroatoms. The highest BCUT2D eigenvalue weighted by Crippen LogP contribution is 2.15. The van der Waals surface area contributed by atoms with Gasteiger partial charge in [0, 0.05) is 19.3 Å². The van der Waals surface area contributed by atoms with Crippen molar-refractivity contribution in [1.82, 2.24) is 0 Å². The summed E-state index contributed by atoms with van der Waals surface area (Å²) in [6.07, 6.45) is 55.3. The normalized spacial score (nSPS) is 12.4. The molecule has 0 amide bonds. The molecule has 1 unspecified atom stereocenters. The molecule has 0 aliphatic heterocycles. The summed E-state index contributed by atoms with van der Waals surface area (Å²) in [5, 5.41) is 0. The SMILES string of the molecule is CC/C=C\C/C=C\C/C=C\CCCC(=O)OCC(COC(=O)CCCCCCCCC/C=C\CCCCCC)OC(=O)CCCCCCCCCCCCCCCC. The maximum atomic E-state index is 12.8. The second kappa shape index (κ2) is 47.1. The van der Waals surface area contributed by atoms with Crippen LogP contribution in [0.5, 0.6) is 0 Å². The van der Waals surface area contributed by atoms with E-state index in [0.717, 1.165) is 64.2 Å². The molecule has 0 aromatic rings. The molecule has 0 bridgehead atoms. The largest absolute Gasteiger partial charge is 0.462 e. The summed E-state index contributed by atoms with van der Waals surface area (Å²) < 4.78 is 16.7. The number of ether oxygens (including phenoxy) is 3. The van der Waals surface area contributed by atoms with E-state index in [4.69, 9.17) is 14.2 Å². The van der Waals surface area contributed by atoms with Crippen LogP contribution in [0.3, 0.4) is 0 Å². The summed E-state index contributed by atoms with van der Waals surface area (Å²) in [5.41, 5.74) is 0.